The van der Waals surface area contributed by atoms with Crippen LogP contribution in [0.1, 0.15) is 11.7 Å². The number of rotatable bonds is 3. The van der Waals surface area contributed by atoms with Crippen molar-refractivity contribution in [3.8, 4) is 0 Å². The molecule has 0 aromatic heterocycles. The molecule has 0 aliphatic carbocycles. The van der Waals surface area contributed by atoms with Gasteiger partial charge in [-0.3, -0.25) is 0 Å². The van der Waals surface area contributed by atoms with E-state index >= 15 is 0 Å². The molecule has 2 atom stereocenters. The standard InChI is InChI=1S/C9H10ClF2NO2/c10-3-7(14)9(15)4-1-5(11)8(13)6(12)2-4/h1-2,7,9,14-15H,3,13H2. The van der Waals surface area contributed by atoms with Crippen LogP contribution in [0.15, 0.2) is 12.1 Å². The fourth-order valence-corrected chi connectivity index (χ4v) is 1.25. The van der Waals surface area contributed by atoms with Crippen LogP contribution >= 0.6 is 11.6 Å². The zero-order valence-electron chi connectivity index (χ0n) is 7.62. The molecule has 1 aromatic rings. The topological polar surface area (TPSA) is 66.5 Å². The number of alkyl halides is 1. The molecular formula is C9H10ClF2NO2. The highest BCUT2D eigenvalue weighted by molar-refractivity contribution is 6.18. The van der Waals surface area contributed by atoms with Gasteiger partial charge in [0.25, 0.3) is 0 Å². The van der Waals surface area contributed by atoms with Crippen LogP contribution in [0.2, 0.25) is 0 Å². The molecule has 0 heterocycles. The van der Waals surface area contributed by atoms with E-state index in [2.05, 4.69) is 0 Å². The molecule has 6 heteroatoms. The molecule has 0 spiro atoms. The largest absolute Gasteiger partial charge is 0.394 e. The molecule has 1 aromatic carbocycles. The zero-order chi connectivity index (χ0) is 11.6. The maximum Gasteiger partial charge on any atom is 0.149 e. The van der Waals surface area contributed by atoms with Gasteiger partial charge >= 0.3 is 0 Å². The second kappa shape index (κ2) is 4.74. The molecule has 84 valence electrons. The molecule has 0 aliphatic heterocycles. The quantitative estimate of drug-likeness (QED) is 0.546. The average Bonchev–Trinajstić information content (AvgIpc) is 2.23. The number of hydrogen-bond donors (Lipinski definition) is 3. The molecule has 0 bridgehead atoms. The lowest BCUT2D eigenvalue weighted by Crippen LogP contribution is -2.20. The van der Waals surface area contributed by atoms with Crippen molar-refractivity contribution in [3.05, 3.63) is 29.3 Å². The van der Waals surface area contributed by atoms with Crippen LogP contribution in [-0.4, -0.2) is 22.2 Å². The lowest BCUT2D eigenvalue weighted by atomic mass is 10.0. The first-order chi connectivity index (χ1) is 6.97. The van der Waals surface area contributed by atoms with Crippen molar-refractivity contribution in [1.29, 1.82) is 0 Å². The number of nitrogen functional groups attached to an aromatic ring is 1. The van der Waals surface area contributed by atoms with Gasteiger partial charge in [0.2, 0.25) is 0 Å². The first-order valence-electron chi connectivity index (χ1n) is 4.14. The molecule has 0 amide bonds. The van der Waals surface area contributed by atoms with E-state index < -0.39 is 29.5 Å². The summed E-state index contributed by atoms with van der Waals surface area (Å²) in [6.07, 6.45) is -2.72. The fourth-order valence-electron chi connectivity index (χ4n) is 1.08. The smallest absolute Gasteiger partial charge is 0.149 e. The Morgan fingerprint density at radius 2 is 1.73 bits per heavy atom. The third-order valence-corrected chi connectivity index (χ3v) is 2.28. The summed E-state index contributed by atoms with van der Waals surface area (Å²) >= 11 is 5.29. The van der Waals surface area contributed by atoms with E-state index in [4.69, 9.17) is 17.3 Å². The second-order valence-electron chi connectivity index (χ2n) is 3.06. The minimum absolute atomic E-state index is 0.104. The minimum atomic E-state index is -1.44. The third kappa shape index (κ3) is 2.56. The van der Waals surface area contributed by atoms with Crippen molar-refractivity contribution >= 4 is 17.3 Å². The minimum Gasteiger partial charge on any atom is -0.394 e. The van der Waals surface area contributed by atoms with E-state index in [9.17, 15) is 19.0 Å². The highest BCUT2D eigenvalue weighted by atomic mass is 35.5. The molecule has 0 radical (unpaired) electrons. The van der Waals surface area contributed by atoms with Crippen LogP contribution in [0.5, 0.6) is 0 Å². The number of benzene rings is 1. The van der Waals surface area contributed by atoms with Crippen LogP contribution in [-0.2, 0) is 0 Å². The molecule has 0 saturated carbocycles. The van der Waals surface area contributed by atoms with Gasteiger partial charge in [0.1, 0.15) is 23.4 Å². The van der Waals surface area contributed by atoms with Crippen LogP contribution in [0.4, 0.5) is 14.5 Å². The third-order valence-electron chi connectivity index (χ3n) is 1.97. The molecule has 2 unspecified atom stereocenters. The Kier molecular flexibility index (Phi) is 3.84. The fraction of sp³-hybridized carbons (Fsp3) is 0.333. The highest BCUT2D eigenvalue weighted by Crippen LogP contribution is 2.24. The monoisotopic (exact) mass is 237 g/mol. The molecule has 1 rings (SSSR count). The molecule has 0 saturated heterocycles. The first kappa shape index (κ1) is 12.2. The summed E-state index contributed by atoms with van der Waals surface area (Å²) in [4.78, 5) is 0. The number of aliphatic hydroxyl groups is 2. The Bertz CT molecular complexity index is 339. The molecule has 3 nitrogen and oxygen atoms in total. The van der Waals surface area contributed by atoms with Gasteiger partial charge in [-0.1, -0.05) is 0 Å². The van der Waals surface area contributed by atoms with Crippen molar-refractivity contribution in [2.24, 2.45) is 0 Å². The molecule has 15 heavy (non-hydrogen) atoms. The Balaban J connectivity index is 3.06. The number of halogens is 3. The zero-order valence-corrected chi connectivity index (χ0v) is 8.38. The maximum absolute atomic E-state index is 13.0. The molecular weight excluding hydrogens is 228 g/mol. The van der Waals surface area contributed by atoms with Crippen LogP contribution in [0, 0.1) is 11.6 Å². The maximum atomic E-state index is 13.0. The summed E-state index contributed by atoms with van der Waals surface area (Å²) < 4.78 is 26.0. The van der Waals surface area contributed by atoms with Gasteiger partial charge < -0.3 is 15.9 Å². The van der Waals surface area contributed by atoms with E-state index in [-0.39, 0.29) is 11.4 Å². The summed E-state index contributed by atoms with van der Waals surface area (Å²) in [5.74, 6) is -2.20. The van der Waals surface area contributed by atoms with Crippen molar-refractivity contribution in [2.45, 2.75) is 12.2 Å². The second-order valence-corrected chi connectivity index (χ2v) is 3.37. The van der Waals surface area contributed by atoms with Gasteiger partial charge in [0.15, 0.2) is 0 Å². The van der Waals surface area contributed by atoms with Crippen LogP contribution in [0.25, 0.3) is 0 Å². The van der Waals surface area contributed by atoms with Gasteiger partial charge in [0.05, 0.1) is 12.0 Å². The SMILES string of the molecule is Nc1c(F)cc(C(O)C(O)CCl)cc1F. The summed E-state index contributed by atoms with van der Waals surface area (Å²) in [5.41, 5.74) is 4.32. The normalized spacial score (nSPS) is 15.0. The van der Waals surface area contributed by atoms with E-state index in [1.165, 1.54) is 0 Å². The van der Waals surface area contributed by atoms with Crippen molar-refractivity contribution < 1.29 is 19.0 Å². The summed E-state index contributed by atoms with van der Waals surface area (Å²) in [6, 6.07) is 1.72. The van der Waals surface area contributed by atoms with E-state index in [0.29, 0.717) is 0 Å². The van der Waals surface area contributed by atoms with Crippen LogP contribution < -0.4 is 5.73 Å². The van der Waals surface area contributed by atoms with Crippen molar-refractivity contribution in [1.82, 2.24) is 0 Å². The Hall–Kier alpha value is -0.910. The summed E-state index contributed by atoms with van der Waals surface area (Å²) in [5, 5.41) is 18.6. The molecule has 0 aliphatic rings. The Morgan fingerprint density at radius 1 is 1.27 bits per heavy atom. The number of anilines is 1. The van der Waals surface area contributed by atoms with E-state index in [1.54, 1.807) is 0 Å². The van der Waals surface area contributed by atoms with Gasteiger partial charge in [-0.2, -0.15) is 0 Å². The number of hydrogen-bond acceptors (Lipinski definition) is 3. The van der Waals surface area contributed by atoms with E-state index in [1.807, 2.05) is 0 Å². The number of aliphatic hydroxyl groups excluding tert-OH is 2. The first-order valence-corrected chi connectivity index (χ1v) is 4.67. The predicted molar refractivity (Wildman–Crippen MR) is 52.5 cm³/mol. The highest BCUT2D eigenvalue weighted by Gasteiger charge is 2.20. The molecule has 4 N–H and O–H groups in total. The van der Waals surface area contributed by atoms with Gasteiger partial charge in [-0.15, -0.1) is 11.6 Å². The van der Waals surface area contributed by atoms with Crippen molar-refractivity contribution in [3.63, 3.8) is 0 Å². The Labute approximate surface area is 90.1 Å². The van der Waals surface area contributed by atoms with Gasteiger partial charge in [0, 0.05) is 0 Å². The lowest BCUT2D eigenvalue weighted by Gasteiger charge is -2.16. The van der Waals surface area contributed by atoms with Gasteiger partial charge in [-0.05, 0) is 17.7 Å². The summed E-state index contributed by atoms with van der Waals surface area (Å²) in [7, 11) is 0. The van der Waals surface area contributed by atoms with Gasteiger partial charge in [-0.25, -0.2) is 8.78 Å². The molecule has 0 fully saturated rings. The Morgan fingerprint density at radius 3 is 2.13 bits per heavy atom. The van der Waals surface area contributed by atoms with Crippen molar-refractivity contribution in [2.75, 3.05) is 11.6 Å². The number of nitrogens with two attached hydrogens (primary N) is 1. The average molecular weight is 238 g/mol. The van der Waals surface area contributed by atoms with Crippen LogP contribution in [0.3, 0.4) is 0 Å². The predicted octanol–water partition coefficient (Wildman–Crippen LogP) is 1.18. The lowest BCUT2D eigenvalue weighted by molar-refractivity contribution is 0.0324. The van der Waals surface area contributed by atoms with E-state index in [0.717, 1.165) is 12.1 Å². The summed E-state index contributed by atoms with van der Waals surface area (Å²) in [6.45, 7) is 0.